The van der Waals surface area contributed by atoms with E-state index in [4.69, 9.17) is 4.84 Å². The third kappa shape index (κ3) is 3.21. The van der Waals surface area contributed by atoms with Gasteiger partial charge < -0.3 is 4.84 Å². The smallest absolute Gasteiger partial charge is 0.0575 e. The molecule has 2 heteroatoms. The summed E-state index contributed by atoms with van der Waals surface area (Å²) in [6.45, 7) is 10.8. The van der Waals surface area contributed by atoms with E-state index >= 15 is 0 Å². The van der Waals surface area contributed by atoms with Crippen molar-refractivity contribution in [3.8, 4) is 0 Å². The van der Waals surface area contributed by atoms with Crippen LogP contribution in [0.25, 0.3) is 0 Å². The van der Waals surface area contributed by atoms with E-state index in [1.807, 2.05) is 5.06 Å². The lowest BCUT2D eigenvalue weighted by Gasteiger charge is -2.37. The van der Waals surface area contributed by atoms with Gasteiger partial charge in [0.05, 0.1) is 7.11 Å². The van der Waals surface area contributed by atoms with E-state index in [2.05, 4.69) is 34.6 Å². The van der Waals surface area contributed by atoms with Gasteiger partial charge >= 0.3 is 0 Å². The maximum atomic E-state index is 5.30. The summed E-state index contributed by atoms with van der Waals surface area (Å²) in [6.07, 6.45) is 1.12. The van der Waals surface area contributed by atoms with E-state index in [-0.39, 0.29) is 5.54 Å². The van der Waals surface area contributed by atoms with Crippen LogP contribution in [0.5, 0.6) is 0 Å². The van der Waals surface area contributed by atoms with Crippen molar-refractivity contribution >= 4 is 0 Å². The number of hydroxylamine groups is 2. The molecule has 11 heavy (non-hydrogen) atoms. The predicted molar refractivity (Wildman–Crippen MR) is 48.4 cm³/mol. The fourth-order valence-corrected chi connectivity index (χ4v) is 1.28. The largest absolute Gasteiger partial charge is 0.302 e. The zero-order valence-electron chi connectivity index (χ0n) is 8.64. The molecule has 68 valence electrons. The zero-order valence-corrected chi connectivity index (χ0v) is 8.64. The molecule has 0 saturated heterocycles. The molecule has 0 aromatic carbocycles. The Hall–Kier alpha value is -0.0800. The highest BCUT2D eigenvalue weighted by atomic mass is 16.7. The first-order valence-corrected chi connectivity index (χ1v) is 4.27. The molecule has 0 saturated carbocycles. The molecule has 0 aromatic heterocycles. The van der Waals surface area contributed by atoms with Crippen molar-refractivity contribution in [2.75, 3.05) is 7.11 Å². The number of nitrogens with zero attached hydrogens (tertiary/aromatic N) is 1. The van der Waals surface area contributed by atoms with Crippen LogP contribution in [0, 0.1) is 0 Å². The van der Waals surface area contributed by atoms with Crippen molar-refractivity contribution in [3.63, 3.8) is 0 Å². The van der Waals surface area contributed by atoms with E-state index in [1.54, 1.807) is 7.11 Å². The molecule has 0 aliphatic carbocycles. The number of hydrogen-bond donors (Lipinski definition) is 0. The Balaban J connectivity index is 4.16. The first-order valence-electron chi connectivity index (χ1n) is 4.27. The summed E-state index contributed by atoms with van der Waals surface area (Å²) >= 11 is 0. The van der Waals surface area contributed by atoms with Crippen LogP contribution in [0.4, 0.5) is 0 Å². The molecule has 0 amide bonds. The molecule has 0 aromatic rings. The van der Waals surface area contributed by atoms with E-state index < -0.39 is 0 Å². The van der Waals surface area contributed by atoms with Crippen molar-refractivity contribution < 1.29 is 4.84 Å². The van der Waals surface area contributed by atoms with E-state index in [0.29, 0.717) is 6.04 Å². The Morgan fingerprint density at radius 3 is 1.91 bits per heavy atom. The normalized spacial score (nSPS) is 15.5. The van der Waals surface area contributed by atoms with Crippen LogP contribution in [0.1, 0.15) is 41.0 Å². The molecule has 1 unspecified atom stereocenters. The first kappa shape index (κ1) is 10.9. The van der Waals surface area contributed by atoms with Crippen LogP contribution in [0.15, 0.2) is 0 Å². The van der Waals surface area contributed by atoms with Gasteiger partial charge in [-0.05, 0) is 34.1 Å². The molecule has 1 atom stereocenters. The quantitative estimate of drug-likeness (QED) is 0.586. The first-order chi connectivity index (χ1) is 4.93. The SMILES string of the molecule is CCC(C)N(OC)C(C)(C)C. The number of rotatable bonds is 3. The summed E-state index contributed by atoms with van der Waals surface area (Å²) in [5.74, 6) is 0. The van der Waals surface area contributed by atoms with Crippen LogP contribution in [-0.2, 0) is 4.84 Å². The van der Waals surface area contributed by atoms with E-state index in [1.165, 1.54) is 0 Å². The van der Waals surface area contributed by atoms with Crippen LogP contribution in [-0.4, -0.2) is 23.8 Å². The van der Waals surface area contributed by atoms with Crippen LogP contribution >= 0.6 is 0 Å². The van der Waals surface area contributed by atoms with Crippen LogP contribution < -0.4 is 0 Å². The van der Waals surface area contributed by atoms with Crippen molar-refractivity contribution in [1.82, 2.24) is 5.06 Å². The Kier molecular flexibility index (Phi) is 4.04. The number of hydrogen-bond acceptors (Lipinski definition) is 2. The lowest BCUT2D eigenvalue weighted by molar-refractivity contribution is -0.211. The molecule has 0 spiro atoms. The predicted octanol–water partition coefficient (Wildman–Crippen LogP) is 2.45. The highest BCUT2D eigenvalue weighted by Gasteiger charge is 2.24. The van der Waals surface area contributed by atoms with Crippen LogP contribution in [0.3, 0.4) is 0 Å². The maximum absolute atomic E-state index is 5.30. The zero-order chi connectivity index (χ0) is 9.07. The average molecular weight is 159 g/mol. The second-order valence-electron chi connectivity index (χ2n) is 3.94. The van der Waals surface area contributed by atoms with Gasteiger partial charge in [-0.15, -0.1) is 0 Å². The van der Waals surface area contributed by atoms with Gasteiger partial charge in [0.15, 0.2) is 0 Å². The standard InChI is InChI=1S/C9H21NO/c1-7-8(2)10(11-6)9(3,4)5/h8H,7H2,1-6H3. The van der Waals surface area contributed by atoms with Crippen molar-refractivity contribution in [1.29, 1.82) is 0 Å². The molecule has 0 aliphatic heterocycles. The molecule has 0 bridgehead atoms. The molecule has 0 heterocycles. The van der Waals surface area contributed by atoms with Crippen molar-refractivity contribution in [3.05, 3.63) is 0 Å². The van der Waals surface area contributed by atoms with Gasteiger partial charge in [-0.2, -0.15) is 5.06 Å². The summed E-state index contributed by atoms with van der Waals surface area (Å²) in [7, 11) is 1.73. The van der Waals surface area contributed by atoms with E-state index in [9.17, 15) is 0 Å². The fraction of sp³-hybridized carbons (Fsp3) is 1.00. The molecule has 0 fully saturated rings. The monoisotopic (exact) mass is 159 g/mol. The molecule has 0 N–H and O–H groups in total. The Morgan fingerprint density at radius 2 is 1.82 bits per heavy atom. The average Bonchev–Trinajstić information content (AvgIpc) is 1.86. The maximum Gasteiger partial charge on any atom is 0.0575 e. The Bertz CT molecular complexity index is 107. The topological polar surface area (TPSA) is 12.5 Å². The molecule has 0 aliphatic rings. The highest BCUT2D eigenvalue weighted by molar-refractivity contribution is 4.73. The Labute approximate surface area is 70.5 Å². The van der Waals surface area contributed by atoms with Gasteiger partial charge in [0, 0.05) is 11.6 Å². The summed E-state index contributed by atoms with van der Waals surface area (Å²) in [5, 5.41) is 2.03. The second kappa shape index (κ2) is 4.07. The highest BCUT2D eigenvalue weighted by Crippen LogP contribution is 2.17. The van der Waals surface area contributed by atoms with Gasteiger partial charge in [-0.1, -0.05) is 6.92 Å². The minimum absolute atomic E-state index is 0.101. The lowest BCUT2D eigenvalue weighted by atomic mass is 10.1. The van der Waals surface area contributed by atoms with Gasteiger partial charge in [0.2, 0.25) is 0 Å². The summed E-state index contributed by atoms with van der Waals surface area (Å²) in [6, 6.07) is 0.486. The van der Waals surface area contributed by atoms with Gasteiger partial charge in [-0.3, -0.25) is 0 Å². The van der Waals surface area contributed by atoms with Gasteiger partial charge in [0.1, 0.15) is 0 Å². The lowest BCUT2D eigenvalue weighted by Crippen LogP contribution is -2.45. The third-order valence-corrected chi connectivity index (χ3v) is 1.85. The Morgan fingerprint density at radius 1 is 1.36 bits per heavy atom. The molecular formula is C9H21NO. The minimum Gasteiger partial charge on any atom is -0.302 e. The third-order valence-electron chi connectivity index (χ3n) is 1.85. The van der Waals surface area contributed by atoms with Gasteiger partial charge in [0.25, 0.3) is 0 Å². The van der Waals surface area contributed by atoms with Gasteiger partial charge in [-0.25, -0.2) is 0 Å². The fourth-order valence-electron chi connectivity index (χ4n) is 1.28. The molecule has 2 nitrogen and oxygen atoms in total. The van der Waals surface area contributed by atoms with E-state index in [0.717, 1.165) is 6.42 Å². The minimum atomic E-state index is 0.101. The summed E-state index contributed by atoms with van der Waals surface area (Å²) in [4.78, 5) is 5.30. The molecule has 0 rings (SSSR count). The summed E-state index contributed by atoms with van der Waals surface area (Å²) < 4.78 is 0. The summed E-state index contributed by atoms with van der Waals surface area (Å²) in [5.41, 5.74) is 0.101. The molecule has 0 radical (unpaired) electrons. The second-order valence-corrected chi connectivity index (χ2v) is 3.94. The molecular weight excluding hydrogens is 138 g/mol. The van der Waals surface area contributed by atoms with Crippen LogP contribution in [0.2, 0.25) is 0 Å². The van der Waals surface area contributed by atoms with Crippen molar-refractivity contribution in [2.24, 2.45) is 0 Å². The van der Waals surface area contributed by atoms with Crippen molar-refractivity contribution in [2.45, 2.75) is 52.6 Å².